The van der Waals surface area contributed by atoms with Gasteiger partial charge in [-0.1, -0.05) is 29.8 Å². The third-order valence-electron chi connectivity index (χ3n) is 6.87. The summed E-state index contributed by atoms with van der Waals surface area (Å²) in [6.07, 6.45) is -6.33. The molecule has 0 unspecified atom stereocenters. The first kappa shape index (κ1) is 35.0. The van der Waals surface area contributed by atoms with Crippen molar-refractivity contribution in [3.63, 3.8) is 0 Å². The first-order valence-electron chi connectivity index (χ1n) is 14.2. The molecule has 1 amide bonds. The lowest BCUT2D eigenvalue weighted by molar-refractivity contribution is -0.714. The van der Waals surface area contributed by atoms with Crippen LogP contribution in [-0.2, 0) is 35.3 Å². The number of hydrazine groups is 1. The summed E-state index contributed by atoms with van der Waals surface area (Å²) in [7, 11) is -4.42. The van der Waals surface area contributed by atoms with Crippen molar-refractivity contribution in [2.45, 2.75) is 57.7 Å². The Kier molecular flexibility index (Phi) is 10.3. The highest BCUT2D eigenvalue weighted by molar-refractivity contribution is 7.90. The first-order valence-corrected chi connectivity index (χ1v) is 15.7. The molecule has 2 aromatic carbocycles. The molecule has 0 bridgehead atoms. The number of hydrogen-bond acceptors (Lipinski definition) is 10. The average Bonchev–Trinajstić information content (AvgIpc) is 3.45. The van der Waals surface area contributed by atoms with E-state index in [1.54, 1.807) is 45.0 Å². The Morgan fingerprint density at radius 2 is 1.68 bits per heavy atom. The maximum absolute atomic E-state index is 13.5. The normalized spacial score (nSPS) is 14.9. The number of aromatic nitrogens is 2. The molecule has 1 saturated heterocycles. The van der Waals surface area contributed by atoms with Crippen molar-refractivity contribution in [3.8, 4) is 16.9 Å². The van der Waals surface area contributed by atoms with E-state index in [2.05, 4.69) is 10.4 Å². The van der Waals surface area contributed by atoms with Gasteiger partial charge in [-0.2, -0.15) is 18.3 Å². The molecule has 1 aliphatic heterocycles. The van der Waals surface area contributed by atoms with Crippen LogP contribution >= 0.6 is 0 Å². The van der Waals surface area contributed by atoms with Gasteiger partial charge in [0.2, 0.25) is 5.28 Å². The van der Waals surface area contributed by atoms with Crippen LogP contribution in [0.5, 0.6) is 0 Å². The molecule has 18 heteroatoms. The van der Waals surface area contributed by atoms with E-state index in [1.165, 1.54) is 17.1 Å². The number of hydrogen-bond donors (Lipinski definition) is 1. The van der Waals surface area contributed by atoms with Crippen molar-refractivity contribution in [1.82, 2.24) is 19.5 Å². The van der Waals surface area contributed by atoms with E-state index in [-0.39, 0.29) is 47.2 Å². The molecule has 14 nitrogen and oxygen atoms in total. The van der Waals surface area contributed by atoms with Gasteiger partial charge in [0, 0.05) is 18.4 Å². The number of esters is 1. The number of halogens is 3. The number of piperidine rings is 1. The van der Waals surface area contributed by atoms with Gasteiger partial charge in [0.25, 0.3) is 16.8 Å². The molecule has 1 aliphatic rings. The number of rotatable bonds is 9. The minimum Gasteiger partial charge on any atom is -0.569 e. The number of carbonyl (C=O) groups is 2. The van der Waals surface area contributed by atoms with Gasteiger partial charge in [0.1, 0.15) is 6.10 Å². The monoisotopic (exact) mass is 682 g/mol. The van der Waals surface area contributed by atoms with Gasteiger partial charge in [-0.25, -0.2) is 22.6 Å². The number of alkyl halides is 3. The van der Waals surface area contributed by atoms with Gasteiger partial charge < -0.3 is 19.5 Å². The van der Waals surface area contributed by atoms with Crippen LogP contribution in [0.3, 0.4) is 0 Å². The van der Waals surface area contributed by atoms with Crippen molar-refractivity contribution >= 4 is 22.1 Å². The van der Waals surface area contributed by atoms with Crippen molar-refractivity contribution in [2.75, 3.05) is 19.9 Å². The Labute approximate surface area is 268 Å². The fourth-order valence-electron chi connectivity index (χ4n) is 4.31. The number of ether oxygens (including phenoxy) is 2. The molecular weight excluding hydrogens is 649 g/mol. The molecule has 1 N–H and O–H groups in total. The van der Waals surface area contributed by atoms with Crippen LogP contribution in [0.1, 0.15) is 44.9 Å². The lowest BCUT2D eigenvalue weighted by Gasteiger charge is -2.27. The zero-order valence-electron chi connectivity index (χ0n) is 25.9. The largest absolute Gasteiger partial charge is 0.569 e. The fraction of sp³-hybridized carbons (Fsp3) is 0.414. The molecule has 2 heterocycles. The van der Waals surface area contributed by atoms with Gasteiger partial charge in [0.15, 0.2) is 5.69 Å². The molecule has 0 spiro atoms. The number of amides is 1. The van der Waals surface area contributed by atoms with Crippen molar-refractivity contribution in [2.24, 2.45) is 10.7 Å². The lowest BCUT2D eigenvalue weighted by atomic mass is 9.98. The quantitative estimate of drug-likeness (QED) is 0.0801. The van der Waals surface area contributed by atoms with E-state index in [0.717, 1.165) is 28.4 Å². The summed E-state index contributed by atoms with van der Waals surface area (Å²) in [5.41, 5.74) is -0.200. The highest BCUT2D eigenvalue weighted by Crippen LogP contribution is 2.33. The first-order chi connectivity index (χ1) is 21.9. The summed E-state index contributed by atoms with van der Waals surface area (Å²) in [5.74, 6) is -0.537. The SMILES string of the molecule is Cc1ccc(-c2cc(C(F)(F)F)nn2-c2ccc(S(=O)(=O)NC(=O)OC3CCN([N+]([O-])=NOCOC(=O)C(C)(C)C)CC3)cc2)cc1. The Hall–Kier alpha value is -4.87. The van der Waals surface area contributed by atoms with Gasteiger partial charge in [-0.3, -0.25) is 4.79 Å². The van der Waals surface area contributed by atoms with Crippen LogP contribution in [0, 0.1) is 17.5 Å². The highest BCUT2D eigenvalue weighted by atomic mass is 32.2. The Morgan fingerprint density at radius 1 is 1.06 bits per heavy atom. The van der Waals surface area contributed by atoms with E-state index in [9.17, 15) is 36.4 Å². The fourth-order valence-corrected chi connectivity index (χ4v) is 5.19. The van der Waals surface area contributed by atoms with Crippen LogP contribution in [0.25, 0.3) is 16.9 Å². The van der Waals surface area contributed by atoms with Crippen molar-refractivity contribution in [1.29, 1.82) is 0 Å². The second-order valence-electron chi connectivity index (χ2n) is 11.6. The number of nitrogens with one attached hydrogen (secondary N) is 1. The van der Waals surface area contributed by atoms with Crippen molar-refractivity contribution in [3.05, 3.63) is 71.1 Å². The maximum atomic E-state index is 13.5. The summed E-state index contributed by atoms with van der Waals surface area (Å²) < 4.78 is 79.1. The summed E-state index contributed by atoms with van der Waals surface area (Å²) in [4.78, 5) is 28.7. The predicted octanol–water partition coefficient (Wildman–Crippen LogP) is 5.10. The molecule has 3 aromatic rings. The summed E-state index contributed by atoms with van der Waals surface area (Å²) in [5, 5.41) is 20.4. The van der Waals surface area contributed by atoms with E-state index >= 15 is 0 Å². The highest BCUT2D eigenvalue weighted by Gasteiger charge is 2.35. The van der Waals surface area contributed by atoms with Crippen LogP contribution in [0.2, 0.25) is 0 Å². The van der Waals surface area contributed by atoms with Gasteiger partial charge in [-0.05, 0) is 58.0 Å². The van der Waals surface area contributed by atoms with Crippen LogP contribution in [0.15, 0.2) is 64.8 Å². The zero-order chi connectivity index (χ0) is 34.6. The standard InChI is InChI=1S/C29H33F3N6O8S/c1-19-5-7-20(8-6-19)24-17-25(29(30,31)32)33-37(24)21-9-11-23(12-10-21)47(42,43)34-27(40)46-22-13-15-36(16-14-22)38(41)35-45-18-44-26(39)28(2,3)4/h5-12,17,22H,13-16,18H2,1-4H3,(H,34,40). The van der Waals surface area contributed by atoms with Crippen molar-refractivity contribution < 1.29 is 50.5 Å². The molecule has 0 atom stereocenters. The molecule has 0 saturated carbocycles. The zero-order valence-corrected chi connectivity index (χ0v) is 26.7. The van der Waals surface area contributed by atoms with Gasteiger partial charge in [-0.15, -0.1) is 5.01 Å². The smallest absolute Gasteiger partial charge is 0.435 e. The summed E-state index contributed by atoms with van der Waals surface area (Å²) >= 11 is 0. The van der Waals surface area contributed by atoms with Gasteiger partial charge >= 0.3 is 18.2 Å². The second-order valence-corrected chi connectivity index (χ2v) is 13.3. The van der Waals surface area contributed by atoms with E-state index in [0.29, 0.717) is 5.56 Å². The maximum Gasteiger partial charge on any atom is 0.435 e. The summed E-state index contributed by atoms with van der Waals surface area (Å²) in [6.45, 7) is 6.42. The molecule has 4 rings (SSSR count). The Morgan fingerprint density at radius 3 is 2.26 bits per heavy atom. The van der Waals surface area contributed by atoms with E-state index < -0.39 is 52.3 Å². The second kappa shape index (κ2) is 13.9. The van der Waals surface area contributed by atoms with Crippen LogP contribution in [-0.4, -0.2) is 66.2 Å². The third-order valence-corrected chi connectivity index (χ3v) is 8.20. The van der Waals surface area contributed by atoms with E-state index in [4.69, 9.17) is 14.3 Å². The number of carbonyl (C=O) groups excluding carboxylic acids is 2. The molecule has 47 heavy (non-hydrogen) atoms. The third kappa shape index (κ3) is 9.11. The Bertz CT molecular complexity index is 1710. The Balaban J connectivity index is 1.34. The minimum atomic E-state index is -4.71. The number of sulfonamides is 1. The summed E-state index contributed by atoms with van der Waals surface area (Å²) in [6, 6.07) is 12.5. The predicted molar refractivity (Wildman–Crippen MR) is 158 cm³/mol. The molecular formula is C29H33F3N6O8S. The number of nitrogens with zero attached hydrogens (tertiary/aromatic N) is 5. The topological polar surface area (TPSA) is 167 Å². The average molecular weight is 683 g/mol. The minimum absolute atomic E-state index is 0.0956. The molecule has 0 aliphatic carbocycles. The number of aryl methyl sites for hydroxylation is 1. The lowest BCUT2D eigenvalue weighted by Crippen LogP contribution is -2.43. The van der Waals surface area contributed by atoms with Gasteiger partial charge in [0.05, 0.1) is 39.8 Å². The molecule has 254 valence electrons. The molecule has 0 radical (unpaired) electrons. The molecule has 1 fully saturated rings. The number of benzene rings is 2. The van der Waals surface area contributed by atoms with Crippen LogP contribution < -0.4 is 4.72 Å². The van der Waals surface area contributed by atoms with Crippen LogP contribution in [0.4, 0.5) is 18.0 Å². The molecule has 1 aromatic heterocycles. The van der Waals surface area contributed by atoms with E-state index in [1.807, 2.05) is 11.6 Å².